The third kappa shape index (κ3) is 4.94. The highest BCUT2D eigenvalue weighted by atomic mass is 127. The van der Waals surface area contributed by atoms with Gasteiger partial charge in [0.1, 0.15) is 0 Å². The van der Waals surface area contributed by atoms with E-state index in [1.165, 1.54) is 18.4 Å². The van der Waals surface area contributed by atoms with Crippen molar-refractivity contribution >= 4 is 35.8 Å². The fourth-order valence-electron chi connectivity index (χ4n) is 5.17. The zero-order valence-electron chi connectivity index (χ0n) is 18.9. The first-order valence-electron chi connectivity index (χ1n) is 11.9. The van der Waals surface area contributed by atoms with Crippen LogP contribution in [0.2, 0.25) is 0 Å². The molecule has 1 aromatic rings. The number of benzene rings is 1. The van der Waals surface area contributed by atoms with Gasteiger partial charge in [0.2, 0.25) is 12.7 Å². The van der Waals surface area contributed by atoms with Crippen LogP contribution in [-0.2, 0) is 10.2 Å². The number of likely N-dealkylation sites (tertiary alicyclic amines) is 1. The molecule has 3 fully saturated rings. The zero-order chi connectivity index (χ0) is 21.3. The Hall–Kier alpha value is -1.71. The predicted molar refractivity (Wildman–Crippen MR) is 135 cm³/mol. The van der Waals surface area contributed by atoms with E-state index in [9.17, 15) is 4.79 Å². The fraction of sp³-hybridized carbons (Fsp3) is 0.667. The van der Waals surface area contributed by atoms with E-state index in [0.29, 0.717) is 12.7 Å². The summed E-state index contributed by atoms with van der Waals surface area (Å²) < 4.78 is 11.0. The smallest absolute Gasteiger partial charge is 0.231 e. The lowest BCUT2D eigenvalue weighted by Crippen LogP contribution is -2.45. The minimum absolute atomic E-state index is 0. The highest BCUT2D eigenvalue weighted by Gasteiger charge is 2.45. The molecule has 1 unspecified atom stereocenters. The summed E-state index contributed by atoms with van der Waals surface area (Å²) in [6, 6.07) is 6.55. The molecule has 32 heavy (non-hydrogen) atoms. The highest BCUT2D eigenvalue weighted by molar-refractivity contribution is 14.0. The van der Waals surface area contributed by atoms with Crippen molar-refractivity contribution in [1.29, 1.82) is 0 Å². The van der Waals surface area contributed by atoms with Gasteiger partial charge in [-0.05, 0) is 56.7 Å². The van der Waals surface area contributed by atoms with Crippen LogP contribution in [0, 0.1) is 5.92 Å². The molecule has 2 saturated carbocycles. The summed E-state index contributed by atoms with van der Waals surface area (Å²) in [5.74, 6) is 3.15. The van der Waals surface area contributed by atoms with Crippen molar-refractivity contribution in [3.63, 3.8) is 0 Å². The molecule has 1 atom stereocenters. The average molecular weight is 554 g/mol. The monoisotopic (exact) mass is 554 g/mol. The molecule has 176 valence electrons. The lowest BCUT2D eigenvalue weighted by atomic mass is 9.96. The number of guanidine groups is 1. The van der Waals surface area contributed by atoms with Crippen LogP contribution in [0.3, 0.4) is 0 Å². The Labute approximate surface area is 207 Å². The maximum atomic E-state index is 12.7. The van der Waals surface area contributed by atoms with Gasteiger partial charge < -0.3 is 25.0 Å². The van der Waals surface area contributed by atoms with Gasteiger partial charge >= 0.3 is 0 Å². The summed E-state index contributed by atoms with van der Waals surface area (Å²) in [6.07, 6.45) is 7.81. The number of fused-ring (bicyclic) bond motifs is 1. The van der Waals surface area contributed by atoms with Gasteiger partial charge in [0, 0.05) is 37.0 Å². The molecule has 1 aromatic carbocycles. The number of hydrogen-bond donors (Lipinski definition) is 2. The number of carbonyl (C=O) groups excluding carboxylic acids is 1. The van der Waals surface area contributed by atoms with E-state index < -0.39 is 0 Å². The Balaban J connectivity index is 0.00000245. The Bertz CT molecular complexity index is 852. The Morgan fingerprint density at radius 1 is 1.19 bits per heavy atom. The largest absolute Gasteiger partial charge is 0.454 e. The number of nitrogens with one attached hydrogen (secondary N) is 2. The van der Waals surface area contributed by atoms with Crippen LogP contribution >= 0.6 is 24.0 Å². The molecular formula is C24H35IN4O3. The van der Waals surface area contributed by atoms with Gasteiger partial charge in [-0.1, -0.05) is 18.9 Å². The van der Waals surface area contributed by atoms with Crippen LogP contribution in [0.25, 0.3) is 0 Å². The molecular weight excluding hydrogens is 519 g/mol. The average Bonchev–Trinajstić information content (AvgIpc) is 3.21. The first-order valence-corrected chi connectivity index (χ1v) is 11.9. The SMILES string of the molecule is CCNC(=NCC1(c2ccc3c(c2)OCO3)CC1)NC1CCN(C(=O)C2CCCC2)C1.I. The van der Waals surface area contributed by atoms with E-state index >= 15 is 0 Å². The number of carbonyl (C=O) groups is 1. The van der Waals surface area contributed by atoms with Crippen LogP contribution in [0.4, 0.5) is 0 Å². The highest BCUT2D eigenvalue weighted by Crippen LogP contribution is 2.50. The van der Waals surface area contributed by atoms with Crippen molar-refractivity contribution in [2.75, 3.05) is 33.0 Å². The van der Waals surface area contributed by atoms with Crippen LogP contribution < -0.4 is 20.1 Å². The molecule has 0 spiro atoms. The second-order valence-electron chi connectivity index (χ2n) is 9.44. The first-order chi connectivity index (χ1) is 15.2. The molecule has 7 nitrogen and oxygen atoms in total. The molecule has 5 rings (SSSR count). The summed E-state index contributed by atoms with van der Waals surface area (Å²) in [5, 5.41) is 6.98. The summed E-state index contributed by atoms with van der Waals surface area (Å²) in [6.45, 7) is 5.60. The number of nitrogens with zero attached hydrogens (tertiary/aromatic N) is 2. The van der Waals surface area contributed by atoms with Crippen molar-refractivity contribution in [1.82, 2.24) is 15.5 Å². The van der Waals surface area contributed by atoms with Gasteiger partial charge in [-0.25, -0.2) is 0 Å². The Kier molecular flexibility index (Phi) is 7.37. The molecule has 1 amide bonds. The minimum Gasteiger partial charge on any atom is -0.454 e. The number of halogens is 1. The van der Waals surface area contributed by atoms with E-state index in [2.05, 4.69) is 34.6 Å². The third-order valence-electron chi connectivity index (χ3n) is 7.27. The topological polar surface area (TPSA) is 75.2 Å². The molecule has 2 aliphatic heterocycles. The second kappa shape index (κ2) is 10.1. The van der Waals surface area contributed by atoms with Crippen LogP contribution in [0.5, 0.6) is 11.5 Å². The minimum atomic E-state index is 0. The van der Waals surface area contributed by atoms with Gasteiger partial charge in [-0.2, -0.15) is 0 Å². The van der Waals surface area contributed by atoms with Crippen molar-refractivity contribution < 1.29 is 14.3 Å². The zero-order valence-corrected chi connectivity index (χ0v) is 21.2. The maximum Gasteiger partial charge on any atom is 0.231 e. The molecule has 0 aromatic heterocycles. The van der Waals surface area contributed by atoms with Crippen molar-refractivity contribution in [2.24, 2.45) is 10.9 Å². The predicted octanol–water partition coefficient (Wildman–Crippen LogP) is 3.41. The normalized spacial score (nSPS) is 23.7. The third-order valence-corrected chi connectivity index (χ3v) is 7.27. The lowest BCUT2D eigenvalue weighted by molar-refractivity contribution is -0.134. The quantitative estimate of drug-likeness (QED) is 0.321. The summed E-state index contributed by atoms with van der Waals surface area (Å²) in [7, 11) is 0. The standard InChI is InChI=1S/C24H34N4O3.HI/c1-2-25-23(27-19-9-12-28(14-19)22(29)17-5-3-4-6-17)26-15-24(10-11-24)18-7-8-20-21(13-18)31-16-30-20;/h7-8,13,17,19H,2-6,9-12,14-16H2,1H3,(H2,25,26,27);1H. The second-order valence-corrected chi connectivity index (χ2v) is 9.44. The maximum absolute atomic E-state index is 12.7. The van der Waals surface area contributed by atoms with Gasteiger partial charge in [0.25, 0.3) is 0 Å². The molecule has 4 aliphatic rings. The van der Waals surface area contributed by atoms with Crippen LogP contribution in [-0.4, -0.2) is 55.8 Å². The lowest BCUT2D eigenvalue weighted by Gasteiger charge is -2.22. The Morgan fingerprint density at radius 3 is 2.72 bits per heavy atom. The van der Waals surface area contributed by atoms with Crippen LogP contribution in [0.1, 0.15) is 57.4 Å². The van der Waals surface area contributed by atoms with Gasteiger partial charge in [-0.3, -0.25) is 9.79 Å². The van der Waals surface area contributed by atoms with E-state index in [-0.39, 0.29) is 41.4 Å². The van der Waals surface area contributed by atoms with Gasteiger partial charge in [-0.15, -0.1) is 24.0 Å². The number of rotatable bonds is 6. The molecule has 2 heterocycles. The van der Waals surface area contributed by atoms with E-state index in [0.717, 1.165) is 75.7 Å². The van der Waals surface area contributed by atoms with E-state index in [1.807, 2.05) is 6.07 Å². The van der Waals surface area contributed by atoms with Gasteiger partial charge in [0.15, 0.2) is 17.5 Å². The molecule has 0 radical (unpaired) electrons. The summed E-state index contributed by atoms with van der Waals surface area (Å²) in [4.78, 5) is 19.7. The summed E-state index contributed by atoms with van der Waals surface area (Å²) >= 11 is 0. The van der Waals surface area contributed by atoms with E-state index in [1.54, 1.807) is 0 Å². The van der Waals surface area contributed by atoms with E-state index in [4.69, 9.17) is 14.5 Å². The fourth-order valence-corrected chi connectivity index (χ4v) is 5.17. The molecule has 0 bridgehead atoms. The molecule has 1 saturated heterocycles. The molecule has 2 N–H and O–H groups in total. The first kappa shape index (κ1) is 23.4. The number of amides is 1. The van der Waals surface area contributed by atoms with Crippen molar-refractivity contribution in [3.05, 3.63) is 23.8 Å². The Morgan fingerprint density at radius 2 is 1.97 bits per heavy atom. The number of ether oxygens (including phenoxy) is 2. The van der Waals surface area contributed by atoms with Gasteiger partial charge in [0.05, 0.1) is 6.54 Å². The van der Waals surface area contributed by atoms with Crippen molar-refractivity contribution in [3.8, 4) is 11.5 Å². The molecule has 8 heteroatoms. The molecule has 2 aliphatic carbocycles. The number of hydrogen-bond acceptors (Lipinski definition) is 4. The van der Waals surface area contributed by atoms with Crippen LogP contribution in [0.15, 0.2) is 23.2 Å². The number of aliphatic imine (C=N–C) groups is 1. The summed E-state index contributed by atoms with van der Waals surface area (Å²) in [5.41, 5.74) is 1.38. The van der Waals surface area contributed by atoms with Crippen molar-refractivity contribution in [2.45, 2.75) is 63.3 Å².